The predicted octanol–water partition coefficient (Wildman–Crippen LogP) is 3.24. The Kier molecular flexibility index (Phi) is 4.40. The van der Waals surface area contributed by atoms with Crippen molar-refractivity contribution in [1.82, 2.24) is 0 Å². The van der Waals surface area contributed by atoms with E-state index in [9.17, 15) is 4.79 Å². The van der Waals surface area contributed by atoms with Crippen molar-refractivity contribution in [3.8, 4) is 0 Å². The molecule has 0 aromatic heterocycles. The molecule has 0 spiro atoms. The number of carbonyl (C=O) groups excluding carboxylic acids is 1. The molecule has 1 unspecified atom stereocenters. The highest BCUT2D eigenvalue weighted by atomic mass is 35.5. The lowest BCUT2D eigenvalue weighted by Crippen LogP contribution is -2.15. The van der Waals surface area contributed by atoms with Gasteiger partial charge in [0.2, 0.25) is 5.91 Å². The first kappa shape index (κ1) is 12.4. The van der Waals surface area contributed by atoms with Crippen LogP contribution in [0.1, 0.15) is 25.7 Å². The third-order valence-corrected chi connectivity index (χ3v) is 3.19. The van der Waals surface area contributed by atoms with E-state index in [0.29, 0.717) is 17.1 Å². The number of benzene rings is 1. The number of rotatable bonds is 4. The molecule has 1 aliphatic rings. The number of carbonyl (C=O) groups is 1. The summed E-state index contributed by atoms with van der Waals surface area (Å²) in [7, 11) is 0. The predicted molar refractivity (Wildman–Crippen MR) is 68.3 cm³/mol. The van der Waals surface area contributed by atoms with Gasteiger partial charge in [-0.3, -0.25) is 4.79 Å². The molecule has 2 rings (SSSR count). The van der Waals surface area contributed by atoms with Crippen LogP contribution in [-0.2, 0) is 9.53 Å². The molecule has 92 valence electrons. The number of nitrogens with one attached hydrogen (secondary N) is 1. The van der Waals surface area contributed by atoms with Gasteiger partial charge >= 0.3 is 0 Å². The number of halogens is 1. The molecule has 0 aliphatic carbocycles. The first-order valence-corrected chi connectivity index (χ1v) is 6.29. The van der Waals surface area contributed by atoms with Crippen LogP contribution in [0.15, 0.2) is 24.3 Å². The third kappa shape index (κ3) is 3.72. The second-order valence-corrected chi connectivity index (χ2v) is 4.61. The minimum Gasteiger partial charge on any atom is -0.378 e. The van der Waals surface area contributed by atoms with Crippen LogP contribution in [0.5, 0.6) is 0 Å². The maximum atomic E-state index is 11.7. The van der Waals surface area contributed by atoms with Crippen LogP contribution >= 0.6 is 11.6 Å². The first-order valence-electron chi connectivity index (χ1n) is 5.91. The van der Waals surface area contributed by atoms with Gasteiger partial charge in [0.1, 0.15) is 0 Å². The second kappa shape index (κ2) is 6.03. The fourth-order valence-electron chi connectivity index (χ4n) is 1.94. The fraction of sp³-hybridized carbons (Fsp3) is 0.462. The number of ether oxygens (including phenoxy) is 1. The van der Waals surface area contributed by atoms with Crippen LogP contribution in [0.4, 0.5) is 5.69 Å². The summed E-state index contributed by atoms with van der Waals surface area (Å²) in [5.74, 6) is -0.00593. The molecule has 1 aromatic carbocycles. The quantitative estimate of drug-likeness (QED) is 0.895. The van der Waals surface area contributed by atoms with Gasteiger partial charge in [0.15, 0.2) is 0 Å². The molecule has 1 atom stereocenters. The monoisotopic (exact) mass is 253 g/mol. The maximum Gasteiger partial charge on any atom is 0.224 e. The molecule has 17 heavy (non-hydrogen) atoms. The lowest BCUT2D eigenvalue weighted by Gasteiger charge is -2.10. The molecule has 1 amide bonds. The van der Waals surface area contributed by atoms with E-state index in [0.717, 1.165) is 25.9 Å². The Labute approximate surface area is 106 Å². The highest BCUT2D eigenvalue weighted by Crippen LogP contribution is 2.21. The Hall–Kier alpha value is -1.06. The Morgan fingerprint density at radius 1 is 1.47 bits per heavy atom. The van der Waals surface area contributed by atoms with E-state index in [1.54, 1.807) is 12.1 Å². The minimum absolute atomic E-state index is 0.00593. The molecular formula is C13H16ClNO2. The summed E-state index contributed by atoms with van der Waals surface area (Å²) < 4.78 is 5.47. The van der Waals surface area contributed by atoms with Gasteiger partial charge in [-0.1, -0.05) is 23.7 Å². The van der Waals surface area contributed by atoms with Gasteiger partial charge in [-0.05, 0) is 31.4 Å². The molecular weight excluding hydrogens is 238 g/mol. The highest BCUT2D eigenvalue weighted by Gasteiger charge is 2.16. The summed E-state index contributed by atoms with van der Waals surface area (Å²) in [5.41, 5.74) is 0.673. The van der Waals surface area contributed by atoms with Crippen molar-refractivity contribution in [2.24, 2.45) is 0 Å². The van der Waals surface area contributed by atoms with Crippen molar-refractivity contribution >= 4 is 23.2 Å². The van der Waals surface area contributed by atoms with E-state index in [1.165, 1.54) is 0 Å². The Bertz CT molecular complexity index is 389. The molecule has 0 bridgehead atoms. The van der Waals surface area contributed by atoms with Crippen LogP contribution in [0.25, 0.3) is 0 Å². The van der Waals surface area contributed by atoms with Crippen LogP contribution in [0, 0.1) is 0 Å². The van der Waals surface area contributed by atoms with Crippen molar-refractivity contribution in [1.29, 1.82) is 0 Å². The average molecular weight is 254 g/mol. The maximum absolute atomic E-state index is 11.7. The summed E-state index contributed by atoms with van der Waals surface area (Å²) in [4.78, 5) is 11.7. The molecule has 3 nitrogen and oxygen atoms in total. The summed E-state index contributed by atoms with van der Waals surface area (Å²) in [5, 5.41) is 3.38. The molecule has 1 aliphatic heterocycles. The van der Waals surface area contributed by atoms with Crippen molar-refractivity contribution in [2.75, 3.05) is 11.9 Å². The van der Waals surface area contributed by atoms with E-state index >= 15 is 0 Å². The third-order valence-electron chi connectivity index (χ3n) is 2.87. The van der Waals surface area contributed by atoms with Gasteiger partial charge in [0, 0.05) is 13.0 Å². The second-order valence-electron chi connectivity index (χ2n) is 4.20. The molecule has 0 radical (unpaired) electrons. The summed E-state index contributed by atoms with van der Waals surface area (Å²) in [6, 6.07) is 7.25. The average Bonchev–Trinajstić information content (AvgIpc) is 2.82. The Balaban J connectivity index is 1.79. The van der Waals surface area contributed by atoms with E-state index in [4.69, 9.17) is 16.3 Å². The molecule has 1 fully saturated rings. The topological polar surface area (TPSA) is 38.3 Å². The normalized spacial score (nSPS) is 19.2. The zero-order chi connectivity index (χ0) is 12.1. The number of para-hydroxylation sites is 1. The van der Waals surface area contributed by atoms with E-state index in [1.807, 2.05) is 12.1 Å². The van der Waals surface area contributed by atoms with Gasteiger partial charge in [-0.25, -0.2) is 0 Å². The highest BCUT2D eigenvalue weighted by molar-refractivity contribution is 6.33. The van der Waals surface area contributed by atoms with Crippen molar-refractivity contribution in [2.45, 2.75) is 31.8 Å². The minimum atomic E-state index is -0.00593. The molecule has 1 saturated heterocycles. The largest absolute Gasteiger partial charge is 0.378 e. The number of anilines is 1. The van der Waals surface area contributed by atoms with E-state index < -0.39 is 0 Å². The molecule has 0 saturated carbocycles. The molecule has 1 aromatic rings. The lowest BCUT2D eigenvalue weighted by atomic mass is 10.1. The van der Waals surface area contributed by atoms with Gasteiger partial charge in [-0.2, -0.15) is 0 Å². The van der Waals surface area contributed by atoms with Crippen LogP contribution in [0.2, 0.25) is 5.02 Å². The summed E-state index contributed by atoms with van der Waals surface area (Å²) in [6.07, 6.45) is 3.70. The van der Waals surface area contributed by atoms with Crippen LogP contribution < -0.4 is 5.32 Å². The first-order chi connectivity index (χ1) is 8.25. The molecule has 4 heteroatoms. The van der Waals surface area contributed by atoms with Crippen molar-refractivity contribution < 1.29 is 9.53 Å². The SMILES string of the molecule is O=C(CCC1CCCO1)Nc1ccccc1Cl. The zero-order valence-corrected chi connectivity index (χ0v) is 10.4. The van der Waals surface area contributed by atoms with Gasteiger partial charge in [0.25, 0.3) is 0 Å². The Morgan fingerprint density at radius 3 is 3.00 bits per heavy atom. The fourth-order valence-corrected chi connectivity index (χ4v) is 2.12. The van der Waals surface area contributed by atoms with Crippen LogP contribution in [0.3, 0.4) is 0 Å². The van der Waals surface area contributed by atoms with Gasteiger partial charge in [0.05, 0.1) is 16.8 Å². The summed E-state index contributed by atoms with van der Waals surface area (Å²) >= 11 is 5.96. The smallest absolute Gasteiger partial charge is 0.224 e. The molecule has 1 heterocycles. The number of amides is 1. The van der Waals surface area contributed by atoms with Crippen molar-refractivity contribution in [3.63, 3.8) is 0 Å². The lowest BCUT2D eigenvalue weighted by molar-refractivity contribution is -0.116. The number of hydrogen-bond acceptors (Lipinski definition) is 2. The van der Waals surface area contributed by atoms with E-state index in [-0.39, 0.29) is 12.0 Å². The van der Waals surface area contributed by atoms with E-state index in [2.05, 4.69) is 5.32 Å². The number of hydrogen-bond donors (Lipinski definition) is 1. The van der Waals surface area contributed by atoms with Crippen LogP contribution in [-0.4, -0.2) is 18.6 Å². The van der Waals surface area contributed by atoms with Gasteiger partial charge < -0.3 is 10.1 Å². The van der Waals surface area contributed by atoms with Crippen molar-refractivity contribution in [3.05, 3.63) is 29.3 Å². The standard InChI is InChI=1S/C13H16ClNO2/c14-11-5-1-2-6-12(11)15-13(16)8-7-10-4-3-9-17-10/h1-2,5-6,10H,3-4,7-9H2,(H,15,16). The zero-order valence-electron chi connectivity index (χ0n) is 9.62. The van der Waals surface area contributed by atoms with Gasteiger partial charge in [-0.15, -0.1) is 0 Å². The Morgan fingerprint density at radius 2 is 2.29 bits per heavy atom. The summed E-state index contributed by atoms with van der Waals surface area (Å²) in [6.45, 7) is 0.830. The molecule has 1 N–H and O–H groups in total.